The molecule has 0 spiro atoms. The molecule has 0 atom stereocenters. The van der Waals surface area contributed by atoms with Gasteiger partial charge in [-0.2, -0.15) is 0 Å². The molecule has 1 heterocycles. The van der Waals surface area contributed by atoms with E-state index in [0.29, 0.717) is 11.3 Å². The van der Waals surface area contributed by atoms with E-state index in [-0.39, 0.29) is 18.2 Å². The molecule has 0 saturated heterocycles. The Morgan fingerprint density at radius 3 is 2.30 bits per heavy atom. The van der Waals surface area contributed by atoms with E-state index in [9.17, 15) is 8.78 Å². The molecule has 0 fully saturated rings. The summed E-state index contributed by atoms with van der Waals surface area (Å²) < 4.78 is 34.8. The average molecular weight is 446 g/mol. The maximum atomic E-state index is 13.8. The molecule has 0 unspecified atom stereocenters. The minimum atomic E-state index is -0.328. The van der Waals surface area contributed by atoms with Gasteiger partial charge in [0.25, 0.3) is 0 Å². The van der Waals surface area contributed by atoms with Gasteiger partial charge in [0.1, 0.15) is 24.0 Å². The lowest BCUT2D eigenvalue weighted by Crippen LogP contribution is -2.03. The Balaban J connectivity index is 1.72. The lowest BCUT2D eigenvalue weighted by Gasteiger charge is -2.13. The summed E-state index contributed by atoms with van der Waals surface area (Å²) in [5.41, 5.74) is 5.58. The monoisotopic (exact) mass is 446 g/mol. The van der Waals surface area contributed by atoms with E-state index in [0.717, 1.165) is 34.0 Å². The van der Waals surface area contributed by atoms with Crippen molar-refractivity contribution in [1.82, 2.24) is 4.57 Å². The van der Waals surface area contributed by atoms with E-state index in [1.165, 1.54) is 18.2 Å². The standard InChI is InChI=1S/C27H24F2N2O2/c1-18(30-33-17-21-6-4-5-7-26(21)29)25-16-27(20-8-10-22(28)11-9-20)31(19(25)2)23-12-14-24(32-3)15-13-23/h4-16H,17H2,1-3H3. The maximum Gasteiger partial charge on any atom is 0.145 e. The molecule has 3 aromatic carbocycles. The zero-order valence-corrected chi connectivity index (χ0v) is 18.7. The van der Waals surface area contributed by atoms with Crippen LogP contribution in [0.5, 0.6) is 5.75 Å². The molecular weight excluding hydrogens is 422 g/mol. The molecule has 0 radical (unpaired) electrons. The molecule has 6 heteroatoms. The Bertz CT molecular complexity index is 1280. The van der Waals surface area contributed by atoms with Crippen molar-refractivity contribution in [1.29, 1.82) is 0 Å². The van der Waals surface area contributed by atoms with Crippen LogP contribution in [0, 0.1) is 18.6 Å². The first kappa shape index (κ1) is 22.3. The maximum absolute atomic E-state index is 13.8. The molecule has 0 aliphatic heterocycles. The lowest BCUT2D eigenvalue weighted by atomic mass is 10.1. The van der Waals surface area contributed by atoms with Crippen LogP contribution in [0.1, 0.15) is 23.7 Å². The Labute approximate surface area is 191 Å². The fraction of sp³-hybridized carbons (Fsp3) is 0.148. The second-order valence-corrected chi connectivity index (χ2v) is 7.61. The third kappa shape index (κ3) is 4.80. The third-order valence-corrected chi connectivity index (χ3v) is 5.49. The molecule has 168 valence electrons. The summed E-state index contributed by atoms with van der Waals surface area (Å²) in [6.45, 7) is 3.87. The molecule has 0 amide bonds. The molecule has 0 aliphatic carbocycles. The summed E-state index contributed by atoms with van der Waals surface area (Å²) in [6.07, 6.45) is 0. The Hall–Kier alpha value is -3.93. The van der Waals surface area contributed by atoms with Crippen molar-refractivity contribution in [3.05, 3.63) is 107 Å². The highest BCUT2D eigenvalue weighted by Gasteiger charge is 2.17. The zero-order chi connectivity index (χ0) is 23.4. The Kier molecular flexibility index (Phi) is 6.54. The molecule has 0 aliphatic rings. The number of methoxy groups -OCH3 is 1. The average Bonchev–Trinajstić information content (AvgIpc) is 3.18. The number of halogens is 2. The first-order valence-corrected chi connectivity index (χ1v) is 10.5. The summed E-state index contributed by atoms with van der Waals surface area (Å²) in [4.78, 5) is 5.45. The van der Waals surface area contributed by atoms with Crippen LogP contribution in [0.15, 0.2) is 84.0 Å². The van der Waals surface area contributed by atoms with Crippen molar-refractivity contribution >= 4 is 5.71 Å². The van der Waals surface area contributed by atoms with Crippen molar-refractivity contribution in [3.63, 3.8) is 0 Å². The molecule has 33 heavy (non-hydrogen) atoms. The summed E-state index contributed by atoms with van der Waals surface area (Å²) in [5.74, 6) is 0.134. The second kappa shape index (κ2) is 9.69. The van der Waals surface area contributed by atoms with Crippen molar-refractivity contribution in [2.75, 3.05) is 7.11 Å². The van der Waals surface area contributed by atoms with Crippen LogP contribution >= 0.6 is 0 Å². The molecule has 4 aromatic rings. The van der Waals surface area contributed by atoms with Gasteiger partial charge in [-0.15, -0.1) is 0 Å². The Morgan fingerprint density at radius 2 is 1.64 bits per heavy atom. The molecule has 4 nitrogen and oxygen atoms in total. The van der Waals surface area contributed by atoms with Crippen LogP contribution in [-0.2, 0) is 11.4 Å². The van der Waals surface area contributed by atoms with Gasteiger partial charge in [0.2, 0.25) is 0 Å². The highest BCUT2D eigenvalue weighted by Crippen LogP contribution is 2.31. The summed E-state index contributed by atoms with van der Waals surface area (Å²) in [6, 6.07) is 22.5. The summed E-state index contributed by atoms with van der Waals surface area (Å²) >= 11 is 0. The molecule has 1 aromatic heterocycles. The van der Waals surface area contributed by atoms with E-state index in [4.69, 9.17) is 9.57 Å². The first-order valence-electron chi connectivity index (χ1n) is 10.5. The Morgan fingerprint density at radius 1 is 0.939 bits per heavy atom. The van der Waals surface area contributed by atoms with E-state index < -0.39 is 0 Å². The van der Waals surface area contributed by atoms with E-state index in [1.54, 1.807) is 37.4 Å². The number of hydrogen-bond acceptors (Lipinski definition) is 3. The highest BCUT2D eigenvalue weighted by atomic mass is 19.1. The van der Waals surface area contributed by atoms with E-state index in [2.05, 4.69) is 9.72 Å². The van der Waals surface area contributed by atoms with Gasteiger partial charge in [-0.25, -0.2) is 8.78 Å². The minimum Gasteiger partial charge on any atom is -0.497 e. The molecule has 0 saturated carbocycles. The first-order chi connectivity index (χ1) is 16.0. The van der Waals surface area contributed by atoms with Crippen LogP contribution in [0.3, 0.4) is 0 Å². The topological polar surface area (TPSA) is 35.8 Å². The molecule has 0 bridgehead atoms. The molecule has 0 N–H and O–H groups in total. The summed E-state index contributed by atoms with van der Waals surface area (Å²) in [5, 5.41) is 4.23. The van der Waals surface area contributed by atoms with Crippen molar-refractivity contribution < 1.29 is 18.4 Å². The van der Waals surface area contributed by atoms with Crippen molar-refractivity contribution in [2.24, 2.45) is 5.16 Å². The van der Waals surface area contributed by atoms with Gasteiger partial charge in [0.05, 0.1) is 18.5 Å². The van der Waals surface area contributed by atoms with Crippen LogP contribution < -0.4 is 4.74 Å². The quantitative estimate of drug-likeness (QED) is 0.234. The largest absolute Gasteiger partial charge is 0.497 e. The highest BCUT2D eigenvalue weighted by molar-refractivity contribution is 6.01. The van der Waals surface area contributed by atoms with Crippen LogP contribution in [0.2, 0.25) is 0 Å². The fourth-order valence-corrected chi connectivity index (χ4v) is 3.73. The SMILES string of the molecule is COc1ccc(-n2c(-c3ccc(F)cc3)cc(C(C)=NOCc3ccccc3F)c2C)cc1. The number of benzene rings is 3. The van der Waals surface area contributed by atoms with Crippen molar-refractivity contribution in [2.45, 2.75) is 20.5 Å². The van der Waals surface area contributed by atoms with Crippen LogP contribution in [0.25, 0.3) is 16.9 Å². The number of aromatic nitrogens is 1. The minimum absolute atomic E-state index is 0.0348. The number of nitrogens with zero attached hydrogens (tertiary/aromatic N) is 2. The normalized spacial score (nSPS) is 11.5. The lowest BCUT2D eigenvalue weighted by molar-refractivity contribution is 0.128. The second-order valence-electron chi connectivity index (χ2n) is 7.61. The van der Waals surface area contributed by atoms with Gasteiger partial charge >= 0.3 is 0 Å². The summed E-state index contributed by atoms with van der Waals surface area (Å²) in [7, 11) is 1.62. The number of rotatable bonds is 7. The number of ether oxygens (including phenoxy) is 1. The predicted molar refractivity (Wildman–Crippen MR) is 126 cm³/mol. The zero-order valence-electron chi connectivity index (χ0n) is 18.7. The fourth-order valence-electron chi connectivity index (χ4n) is 3.73. The van der Waals surface area contributed by atoms with Gasteiger partial charge in [0.15, 0.2) is 0 Å². The van der Waals surface area contributed by atoms with E-state index in [1.807, 2.05) is 44.2 Å². The smallest absolute Gasteiger partial charge is 0.145 e. The van der Waals surface area contributed by atoms with Crippen molar-refractivity contribution in [3.8, 4) is 22.7 Å². The van der Waals surface area contributed by atoms with Gasteiger partial charge in [-0.1, -0.05) is 23.4 Å². The van der Waals surface area contributed by atoms with Gasteiger partial charge < -0.3 is 14.1 Å². The van der Waals surface area contributed by atoms with Gasteiger partial charge in [-0.3, -0.25) is 0 Å². The third-order valence-electron chi connectivity index (χ3n) is 5.49. The van der Waals surface area contributed by atoms with Crippen LogP contribution in [0.4, 0.5) is 8.78 Å². The molecule has 4 rings (SSSR count). The van der Waals surface area contributed by atoms with Crippen LogP contribution in [-0.4, -0.2) is 17.4 Å². The number of oxime groups is 1. The van der Waals surface area contributed by atoms with Gasteiger partial charge in [0, 0.05) is 22.5 Å². The van der Waals surface area contributed by atoms with E-state index >= 15 is 0 Å². The van der Waals surface area contributed by atoms with Gasteiger partial charge in [-0.05, 0) is 80.1 Å². The molecular formula is C27H24F2N2O2. The number of hydrogen-bond donors (Lipinski definition) is 0. The predicted octanol–water partition coefficient (Wildman–Crippen LogP) is 6.68.